The van der Waals surface area contributed by atoms with Gasteiger partial charge in [-0.2, -0.15) is 0 Å². The highest BCUT2D eigenvalue weighted by molar-refractivity contribution is 5.37. The second kappa shape index (κ2) is 6.44. The maximum absolute atomic E-state index is 6.75. The first-order chi connectivity index (χ1) is 10.0. The average molecular weight is 281 g/mol. The molecule has 2 aromatic carbocycles. The summed E-state index contributed by atoms with van der Waals surface area (Å²) in [5.74, 6) is 0. The number of hydrogen-bond acceptors (Lipinski definition) is 1. The summed E-state index contributed by atoms with van der Waals surface area (Å²) >= 11 is 0. The molecule has 2 aromatic rings. The van der Waals surface area contributed by atoms with E-state index in [4.69, 9.17) is 5.73 Å². The summed E-state index contributed by atoms with van der Waals surface area (Å²) in [4.78, 5) is 0. The maximum Gasteiger partial charge on any atom is 0.0393 e. The van der Waals surface area contributed by atoms with Gasteiger partial charge in [-0.1, -0.05) is 62.4 Å². The lowest BCUT2D eigenvalue weighted by Gasteiger charge is -2.38. The van der Waals surface area contributed by atoms with E-state index in [-0.39, 0.29) is 11.5 Å². The first-order valence-corrected chi connectivity index (χ1v) is 7.93. The molecule has 0 spiro atoms. The van der Waals surface area contributed by atoms with Crippen LogP contribution >= 0.6 is 0 Å². The van der Waals surface area contributed by atoms with E-state index in [1.807, 2.05) is 0 Å². The Morgan fingerprint density at radius 2 is 1.52 bits per heavy atom. The molecule has 1 nitrogen and oxygen atoms in total. The predicted molar refractivity (Wildman–Crippen MR) is 91.5 cm³/mol. The summed E-state index contributed by atoms with van der Waals surface area (Å²) in [7, 11) is 0. The molecule has 0 bridgehead atoms. The number of benzene rings is 2. The van der Waals surface area contributed by atoms with Crippen LogP contribution in [0.4, 0.5) is 0 Å². The molecule has 0 amide bonds. The first kappa shape index (κ1) is 15.8. The Hall–Kier alpha value is -1.60. The lowest BCUT2D eigenvalue weighted by Crippen LogP contribution is -2.38. The highest BCUT2D eigenvalue weighted by Crippen LogP contribution is 2.41. The fraction of sp³-hybridized carbons (Fsp3) is 0.400. The first-order valence-electron chi connectivity index (χ1n) is 7.93. The smallest absolute Gasteiger partial charge is 0.0393 e. The van der Waals surface area contributed by atoms with E-state index in [0.29, 0.717) is 0 Å². The molecule has 0 aliphatic heterocycles. The van der Waals surface area contributed by atoms with Gasteiger partial charge in [-0.3, -0.25) is 0 Å². The molecule has 1 atom stereocenters. The summed E-state index contributed by atoms with van der Waals surface area (Å²) in [5.41, 5.74) is 12.0. The zero-order valence-electron chi connectivity index (χ0n) is 13.7. The molecular weight excluding hydrogens is 254 g/mol. The second-order valence-electron chi connectivity index (χ2n) is 6.05. The summed E-state index contributed by atoms with van der Waals surface area (Å²) in [6.45, 7) is 8.80. The van der Waals surface area contributed by atoms with Crippen LogP contribution in [0.2, 0.25) is 0 Å². The number of aryl methyl sites for hydroxylation is 2. The quantitative estimate of drug-likeness (QED) is 0.814. The lowest BCUT2D eigenvalue weighted by molar-refractivity contribution is 0.322. The minimum atomic E-state index is 0.00293. The van der Waals surface area contributed by atoms with Crippen molar-refractivity contribution in [2.24, 2.45) is 5.73 Å². The molecule has 0 saturated carbocycles. The summed E-state index contributed by atoms with van der Waals surface area (Å²) < 4.78 is 0. The van der Waals surface area contributed by atoms with E-state index in [1.165, 1.54) is 22.3 Å². The third-order valence-corrected chi connectivity index (χ3v) is 5.10. The van der Waals surface area contributed by atoms with E-state index in [9.17, 15) is 0 Å². The Kier molecular flexibility index (Phi) is 4.84. The zero-order chi connectivity index (χ0) is 15.5. The van der Waals surface area contributed by atoms with Crippen molar-refractivity contribution < 1.29 is 0 Å². The highest BCUT2D eigenvalue weighted by Gasteiger charge is 2.36. The van der Waals surface area contributed by atoms with Crippen LogP contribution in [0.3, 0.4) is 0 Å². The van der Waals surface area contributed by atoms with Gasteiger partial charge in [-0.15, -0.1) is 0 Å². The van der Waals surface area contributed by atoms with Crippen molar-refractivity contribution in [1.82, 2.24) is 0 Å². The van der Waals surface area contributed by atoms with E-state index in [0.717, 1.165) is 12.8 Å². The maximum atomic E-state index is 6.75. The zero-order valence-corrected chi connectivity index (χ0v) is 13.7. The van der Waals surface area contributed by atoms with Gasteiger partial charge in [0.1, 0.15) is 0 Å². The summed E-state index contributed by atoms with van der Waals surface area (Å²) in [5, 5.41) is 0. The predicted octanol–water partition coefficient (Wildman–Crippen LogP) is 5.06. The SMILES string of the molecule is CCC(CC)(c1ccccc1)C(N)c1ccc(C)c(C)c1. The van der Waals surface area contributed by atoms with Crippen LogP contribution < -0.4 is 5.73 Å². The Morgan fingerprint density at radius 3 is 2.05 bits per heavy atom. The summed E-state index contributed by atoms with van der Waals surface area (Å²) in [6.07, 6.45) is 2.09. The molecule has 0 radical (unpaired) electrons. The highest BCUT2D eigenvalue weighted by atomic mass is 14.7. The molecule has 0 fully saturated rings. The molecule has 1 heteroatoms. The topological polar surface area (TPSA) is 26.0 Å². The Labute approximate surface area is 129 Å². The second-order valence-corrected chi connectivity index (χ2v) is 6.05. The van der Waals surface area contributed by atoms with E-state index >= 15 is 0 Å². The minimum absolute atomic E-state index is 0.00293. The lowest BCUT2D eigenvalue weighted by atomic mass is 9.68. The average Bonchev–Trinajstić information content (AvgIpc) is 2.52. The molecule has 21 heavy (non-hydrogen) atoms. The van der Waals surface area contributed by atoms with Crippen LogP contribution in [0.25, 0.3) is 0 Å². The van der Waals surface area contributed by atoms with E-state index in [2.05, 4.69) is 76.2 Å². The third-order valence-electron chi connectivity index (χ3n) is 5.10. The van der Waals surface area contributed by atoms with Gasteiger partial charge in [0.15, 0.2) is 0 Å². The van der Waals surface area contributed by atoms with Crippen molar-refractivity contribution >= 4 is 0 Å². The molecule has 2 rings (SSSR count). The van der Waals surface area contributed by atoms with Gasteiger partial charge in [0.2, 0.25) is 0 Å². The monoisotopic (exact) mass is 281 g/mol. The standard InChI is InChI=1S/C20H27N/c1-5-20(6-2,18-10-8-7-9-11-18)19(21)17-13-12-15(3)16(4)14-17/h7-14,19H,5-6,21H2,1-4H3. The van der Waals surface area contributed by atoms with Crippen molar-refractivity contribution in [2.45, 2.75) is 52.0 Å². The van der Waals surface area contributed by atoms with Gasteiger partial charge in [-0.05, 0) is 48.9 Å². The molecule has 0 aromatic heterocycles. The Balaban J connectivity index is 2.49. The van der Waals surface area contributed by atoms with Crippen LogP contribution in [-0.2, 0) is 5.41 Å². The van der Waals surface area contributed by atoms with Crippen molar-refractivity contribution in [3.63, 3.8) is 0 Å². The molecule has 0 saturated heterocycles. The van der Waals surface area contributed by atoms with Gasteiger partial charge in [-0.25, -0.2) is 0 Å². The Morgan fingerprint density at radius 1 is 0.905 bits per heavy atom. The van der Waals surface area contributed by atoms with Gasteiger partial charge in [0, 0.05) is 11.5 Å². The number of rotatable bonds is 5. The molecular formula is C20H27N. The number of nitrogens with two attached hydrogens (primary N) is 1. The minimum Gasteiger partial charge on any atom is -0.323 e. The van der Waals surface area contributed by atoms with Gasteiger partial charge in [0.25, 0.3) is 0 Å². The largest absolute Gasteiger partial charge is 0.323 e. The van der Waals surface area contributed by atoms with Crippen molar-refractivity contribution in [3.8, 4) is 0 Å². The van der Waals surface area contributed by atoms with Crippen molar-refractivity contribution in [1.29, 1.82) is 0 Å². The normalized spacial score (nSPS) is 13.2. The van der Waals surface area contributed by atoms with Crippen molar-refractivity contribution in [3.05, 3.63) is 70.8 Å². The van der Waals surface area contributed by atoms with Crippen LogP contribution in [-0.4, -0.2) is 0 Å². The fourth-order valence-corrected chi connectivity index (χ4v) is 3.32. The molecule has 1 unspecified atom stereocenters. The van der Waals surface area contributed by atoms with Crippen LogP contribution in [0, 0.1) is 13.8 Å². The molecule has 0 aliphatic carbocycles. The van der Waals surface area contributed by atoms with Crippen LogP contribution in [0.5, 0.6) is 0 Å². The van der Waals surface area contributed by atoms with Gasteiger partial charge < -0.3 is 5.73 Å². The van der Waals surface area contributed by atoms with E-state index in [1.54, 1.807) is 0 Å². The number of hydrogen-bond donors (Lipinski definition) is 1. The molecule has 112 valence electrons. The van der Waals surface area contributed by atoms with Crippen LogP contribution in [0.1, 0.15) is 55.0 Å². The fourth-order valence-electron chi connectivity index (χ4n) is 3.32. The van der Waals surface area contributed by atoms with Crippen molar-refractivity contribution in [2.75, 3.05) is 0 Å². The van der Waals surface area contributed by atoms with Gasteiger partial charge in [0.05, 0.1) is 0 Å². The molecule has 2 N–H and O–H groups in total. The summed E-state index contributed by atoms with van der Waals surface area (Å²) in [6, 6.07) is 17.4. The third kappa shape index (κ3) is 2.89. The Bertz CT molecular complexity index is 582. The molecule has 0 heterocycles. The van der Waals surface area contributed by atoms with Gasteiger partial charge >= 0.3 is 0 Å². The molecule has 0 aliphatic rings. The van der Waals surface area contributed by atoms with Crippen LogP contribution in [0.15, 0.2) is 48.5 Å². The van der Waals surface area contributed by atoms with E-state index < -0.39 is 0 Å².